The summed E-state index contributed by atoms with van der Waals surface area (Å²) in [6, 6.07) is 13.8. The molecule has 0 aliphatic rings. The summed E-state index contributed by atoms with van der Waals surface area (Å²) in [7, 11) is 1.63. The molecule has 140 valence electrons. The SMILES string of the molecule is CCC(NCC(O)COc1cccc([N+](=O)[O-])c1)c1ccc(OC)cc1. The van der Waals surface area contributed by atoms with Gasteiger partial charge >= 0.3 is 0 Å². The Morgan fingerprint density at radius 1 is 1.19 bits per heavy atom. The average Bonchev–Trinajstić information content (AvgIpc) is 2.67. The van der Waals surface area contributed by atoms with Gasteiger partial charge in [-0.2, -0.15) is 0 Å². The number of nitro groups is 1. The van der Waals surface area contributed by atoms with E-state index in [-0.39, 0.29) is 18.3 Å². The maximum Gasteiger partial charge on any atom is 0.273 e. The fourth-order valence-electron chi connectivity index (χ4n) is 2.55. The van der Waals surface area contributed by atoms with Gasteiger partial charge in [-0.1, -0.05) is 25.1 Å². The average molecular weight is 360 g/mol. The van der Waals surface area contributed by atoms with Gasteiger partial charge in [-0.15, -0.1) is 0 Å². The van der Waals surface area contributed by atoms with Gasteiger partial charge in [0.05, 0.1) is 18.1 Å². The van der Waals surface area contributed by atoms with E-state index >= 15 is 0 Å². The second-order valence-corrected chi connectivity index (χ2v) is 5.86. The highest BCUT2D eigenvalue weighted by Gasteiger charge is 2.13. The van der Waals surface area contributed by atoms with Crippen LogP contribution in [0.2, 0.25) is 0 Å². The van der Waals surface area contributed by atoms with Gasteiger partial charge in [-0.25, -0.2) is 0 Å². The molecule has 2 N–H and O–H groups in total. The van der Waals surface area contributed by atoms with E-state index in [9.17, 15) is 15.2 Å². The lowest BCUT2D eigenvalue weighted by molar-refractivity contribution is -0.384. The van der Waals surface area contributed by atoms with Crippen LogP contribution in [0.1, 0.15) is 24.9 Å². The Morgan fingerprint density at radius 3 is 2.54 bits per heavy atom. The lowest BCUT2D eigenvalue weighted by atomic mass is 10.0. The quantitative estimate of drug-likeness (QED) is 0.499. The Labute approximate surface area is 152 Å². The number of non-ortho nitro benzene ring substituents is 1. The molecule has 0 aliphatic heterocycles. The van der Waals surface area contributed by atoms with E-state index in [0.29, 0.717) is 12.3 Å². The van der Waals surface area contributed by atoms with Crippen LogP contribution in [0.5, 0.6) is 11.5 Å². The standard InChI is InChI=1S/C19H24N2O5/c1-3-19(14-7-9-17(25-2)10-8-14)20-12-16(22)13-26-18-6-4-5-15(11-18)21(23)24/h4-11,16,19-20,22H,3,12-13H2,1-2H3. The number of benzene rings is 2. The Morgan fingerprint density at radius 2 is 1.92 bits per heavy atom. The Kier molecular flexibility index (Phi) is 7.37. The number of aliphatic hydroxyl groups is 1. The third-order valence-electron chi connectivity index (χ3n) is 4.00. The van der Waals surface area contributed by atoms with Crippen LogP contribution >= 0.6 is 0 Å². The molecular formula is C19H24N2O5. The highest BCUT2D eigenvalue weighted by Crippen LogP contribution is 2.21. The van der Waals surface area contributed by atoms with E-state index < -0.39 is 11.0 Å². The van der Waals surface area contributed by atoms with Crippen LogP contribution in [0.15, 0.2) is 48.5 Å². The van der Waals surface area contributed by atoms with Crippen LogP contribution < -0.4 is 14.8 Å². The molecule has 0 fully saturated rings. The fourth-order valence-corrected chi connectivity index (χ4v) is 2.55. The summed E-state index contributed by atoms with van der Waals surface area (Å²) in [5.41, 5.74) is 1.07. The van der Waals surface area contributed by atoms with Crippen LogP contribution in [0.3, 0.4) is 0 Å². The number of aliphatic hydroxyl groups excluding tert-OH is 1. The fraction of sp³-hybridized carbons (Fsp3) is 0.368. The Bertz CT molecular complexity index is 705. The van der Waals surface area contributed by atoms with Gasteiger partial charge in [0.25, 0.3) is 5.69 Å². The predicted molar refractivity (Wildman–Crippen MR) is 98.6 cm³/mol. The van der Waals surface area contributed by atoms with Gasteiger partial charge in [0, 0.05) is 18.7 Å². The van der Waals surface area contributed by atoms with Gasteiger partial charge in [-0.05, 0) is 30.2 Å². The second kappa shape index (κ2) is 9.74. The van der Waals surface area contributed by atoms with E-state index in [1.165, 1.54) is 12.1 Å². The second-order valence-electron chi connectivity index (χ2n) is 5.86. The molecule has 2 aromatic rings. The minimum Gasteiger partial charge on any atom is -0.497 e. The molecule has 0 radical (unpaired) electrons. The molecule has 2 unspecified atom stereocenters. The minimum atomic E-state index is -0.735. The number of hydrogen-bond acceptors (Lipinski definition) is 6. The lowest BCUT2D eigenvalue weighted by Crippen LogP contribution is -2.33. The van der Waals surface area contributed by atoms with Crippen molar-refractivity contribution >= 4 is 5.69 Å². The Hall–Kier alpha value is -2.64. The number of ether oxygens (including phenoxy) is 2. The highest BCUT2D eigenvalue weighted by molar-refractivity contribution is 5.37. The molecular weight excluding hydrogens is 336 g/mol. The first-order valence-corrected chi connectivity index (χ1v) is 8.46. The summed E-state index contributed by atoms with van der Waals surface area (Å²) in [5, 5.41) is 24.2. The van der Waals surface area contributed by atoms with Gasteiger partial charge in [0.2, 0.25) is 0 Å². The summed E-state index contributed by atoms with van der Waals surface area (Å²) < 4.78 is 10.6. The van der Waals surface area contributed by atoms with Crippen molar-refractivity contribution in [2.24, 2.45) is 0 Å². The lowest BCUT2D eigenvalue weighted by Gasteiger charge is -2.20. The number of nitrogens with one attached hydrogen (secondary N) is 1. The summed E-state index contributed by atoms with van der Waals surface area (Å²) in [5.74, 6) is 1.16. The zero-order chi connectivity index (χ0) is 18.9. The summed E-state index contributed by atoms with van der Waals surface area (Å²) in [6.07, 6.45) is 0.131. The summed E-state index contributed by atoms with van der Waals surface area (Å²) >= 11 is 0. The zero-order valence-corrected chi connectivity index (χ0v) is 14.9. The van der Waals surface area contributed by atoms with E-state index in [0.717, 1.165) is 17.7 Å². The number of methoxy groups -OCH3 is 1. The Balaban J connectivity index is 1.83. The molecule has 26 heavy (non-hydrogen) atoms. The maximum absolute atomic E-state index is 10.8. The van der Waals surface area contributed by atoms with Crippen LogP contribution in [0.25, 0.3) is 0 Å². The van der Waals surface area contributed by atoms with E-state index in [1.54, 1.807) is 19.2 Å². The number of rotatable bonds is 10. The molecule has 0 amide bonds. The molecule has 0 saturated heterocycles. The maximum atomic E-state index is 10.8. The third kappa shape index (κ3) is 5.72. The molecule has 0 aromatic heterocycles. The van der Waals surface area contributed by atoms with E-state index in [1.807, 2.05) is 24.3 Å². The summed E-state index contributed by atoms with van der Waals surface area (Å²) in [6.45, 7) is 2.46. The van der Waals surface area contributed by atoms with Crippen molar-refractivity contribution in [2.75, 3.05) is 20.3 Å². The normalized spacial score (nSPS) is 13.0. The largest absolute Gasteiger partial charge is 0.497 e. The van der Waals surface area contributed by atoms with Gasteiger partial charge < -0.3 is 19.9 Å². The third-order valence-corrected chi connectivity index (χ3v) is 4.00. The van der Waals surface area contributed by atoms with Gasteiger partial charge in [-0.3, -0.25) is 10.1 Å². The van der Waals surface area contributed by atoms with Crippen molar-refractivity contribution in [3.8, 4) is 11.5 Å². The highest BCUT2D eigenvalue weighted by atomic mass is 16.6. The van der Waals surface area contributed by atoms with Gasteiger partial charge in [0.1, 0.15) is 24.2 Å². The molecule has 0 heterocycles. The van der Waals surface area contributed by atoms with Crippen molar-refractivity contribution in [2.45, 2.75) is 25.5 Å². The monoisotopic (exact) mass is 360 g/mol. The molecule has 0 bridgehead atoms. The number of hydrogen-bond donors (Lipinski definition) is 2. The molecule has 0 aliphatic carbocycles. The van der Waals surface area contributed by atoms with E-state index in [4.69, 9.17) is 9.47 Å². The van der Waals surface area contributed by atoms with Gasteiger partial charge in [0.15, 0.2) is 0 Å². The van der Waals surface area contributed by atoms with Crippen LogP contribution in [0.4, 0.5) is 5.69 Å². The number of nitro benzene ring substituents is 1. The molecule has 7 heteroatoms. The van der Waals surface area contributed by atoms with Crippen LogP contribution in [-0.4, -0.2) is 36.4 Å². The molecule has 7 nitrogen and oxygen atoms in total. The first kappa shape index (κ1) is 19.7. The van der Waals surface area contributed by atoms with Crippen molar-refractivity contribution in [1.29, 1.82) is 0 Å². The van der Waals surface area contributed by atoms with Crippen molar-refractivity contribution in [3.63, 3.8) is 0 Å². The topological polar surface area (TPSA) is 93.9 Å². The van der Waals surface area contributed by atoms with Crippen LogP contribution in [0, 0.1) is 10.1 Å². The molecule has 2 rings (SSSR count). The molecule has 2 aromatic carbocycles. The molecule has 0 saturated carbocycles. The van der Waals surface area contributed by atoms with E-state index in [2.05, 4.69) is 12.2 Å². The smallest absolute Gasteiger partial charge is 0.273 e. The first-order valence-electron chi connectivity index (χ1n) is 8.46. The molecule has 0 spiro atoms. The van der Waals surface area contributed by atoms with Crippen molar-refractivity contribution in [3.05, 3.63) is 64.2 Å². The van der Waals surface area contributed by atoms with Crippen molar-refractivity contribution < 1.29 is 19.5 Å². The minimum absolute atomic E-state index is 0.0410. The first-order chi connectivity index (χ1) is 12.5. The van der Waals surface area contributed by atoms with Crippen LogP contribution in [-0.2, 0) is 0 Å². The number of nitrogens with zero attached hydrogens (tertiary/aromatic N) is 1. The molecule has 2 atom stereocenters. The van der Waals surface area contributed by atoms with Crippen molar-refractivity contribution in [1.82, 2.24) is 5.32 Å². The zero-order valence-electron chi connectivity index (χ0n) is 14.9. The summed E-state index contributed by atoms with van der Waals surface area (Å²) in [4.78, 5) is 10.3. The predicted octanol–water partition coefficient (Wildman–Crippen LogP) is 3.08.